The lowest BCUT2D eigenvalue weighted by Gasteiger charge is -2.32. The molecule has 6 nitrogen and oxygen atoms in total. The Balaban J connectivity index is 1.93. The van der Waals surface area contributed by atoms with Gasteiger partial charge in [-0.1, -0.05) is 11.6 Å². The van der Waals surface area contributed by atoms with Crippen LogP contribution in [0.25, 0.3) is 0 Å². The van der Waals surface area contributed by atoms with Gasteiger partial charge in [-0.2, -0.15) is 0 Å². The lowest BCUT2D eigenvalue weighted by Crippen LogP contribution is -2.47. The van der Waals surface area contributed by atoms with E-state index in [9.17, 15) is 14.7 Å². The Bertz CT molecular complexity index is 569. The number of hydrogen-bond donors (Lipinski definition) is 3. The Morgan fingerprint density at radius 3 is 2.64 bits per heavy atom. The molecule has 0 spiro atoms. The molecule has 0 saturated carbocycles. The standard InChI is InChI=1S/C15H20ClN3O3/c1-9(17)15(22)19-6-4-10(5-7-19)14(21)18-12-8-11(16)2-3-13(12)20/h2-3,8-10,20H,4-7,17H2,1H3,(H,18,21). The van der Waals surface area contributed by atoms with Gasteiger partial charge in [-0.3, -0.25) is 9.59 Å². The van der Waals surface area contributed by atoms with E-state index >= 15 is 0 Å². The van der Waals surface area contributed by atoms with Gasteiger partial charge in [0.1, 0.15) is 5.75 Å². The summed E-state index contributed by atoms with van der Waals surface area (Å²) in [6.45, 7) is 2.68. The smallest absolute Gasteiger partial charge is 0.239 e. The van der Waals surface area contributed by atoms with Crippen LogP contribution in [0.1, 0.15) is 19.8 Å². The maximum atomic E-state index is 12.2. The molecule has 0 radical (unpaired) electrons. The van der Waals surface area contributed by atoms with E-state index in [1.54, 1.807) is 17.9 Å². The number of piperidine rings is 1. The summed E-state index contributed by atoms with van der Waals surface area (Å²) in [6, 6.07) is 3.96. The number of phenolic OH excluding ortho intramolecular Hbond substituents is 1. The van der Waals surface area contributed by atoms with Crippen LogP contribution in [-0.4, -0.2) is 41.0 Å². The number of halogens is 1. The Morgan fingerprint density at radius 1 is 1.41 bits per heavy atom. The quantitative estimate of drug-likeness (QED) is 0.735. The molecule has 1 aliphatic heterocycles. The van der Waals surface area contributed by atoms with Crippen LogP contribution in [0.2, 0.25) is 5.02 Å². The molecule has 1 atom stereocenters. The number of carbonyl (C=O) groups excluding carboxylic acids is 2. The highest BCUT2D eigenvalue weighted by Crippen LogP contribution is 2.28. The lowest BCUT2D eigenvalue weighted by molar-refractivity contribution is -0.135. The molecule has 1 aromatic carbocycles. The van der Waals surface area contributed by atoms with Gasteiger partial charge in [0.15, 0.2) is 0 Å². The van der Waals surface area contributed by atoms with Crippen LogP contribution in [0.4, 0.5) is 5.69 Å². The number of hydrogen-bond acceptors (Lipinski definition) is 4. The van der Waals surface area contributed by atoms with Gasteiger partial charge in [-0.15, -0.1) is 0 Å². The van der Waals surface area contributed by atoms with Crippen molar-refractivity contribution in [2.45, 2.75) is 25.8 Å². The zero-order valence-corrected chi connectivity index (χ0v) is 13.1. The van der Waals surface area contributed by atoms with Gasteiger partial charge in [0.05, 0.1) is 11.7 Å². The summed E-state index contributed by atoms with van der Waals surface area (Å²) < 4.78 is 0. The SMILES string of the molecule is CC(N)C(=O)N1CCC(C(=O)Nc2cc(Cl)ccc2O)CC1. The highest BCUT2D eigenvalue weighted by atomic mass is 35.5. The molecule has 0 aromatic heterocycles. The fourth-order valence-electron chi connectivity index (χ4n) is 2.49. The third-order valence-corrected chi connectivity index (χ3v) is 4.02. The van der Waals surface area contributed by atoms with Gasteiger partial charge < -0.3 is 21.1 Å². The number of rotatable bonds is 3. The first-order chi connectivity index (χ1) is 10.4. The molecule has 1 unspecified atom stereocenters. The van der Waals surface area contributed by atoms with Gasteiger partial charge in [0.25, 0.3) is 0 Å². The van der Waals surface area contributed by atoms with Crippen molar-refractivity contribution in [2.75, 3.05) is 18.4 Å². The van der Waals surface area contributed by atoms with E-state index in [0.29, 0.717) is 36.6 Å². The summed E-state index contributed by atoms with van der Waals surface area (Å²) in [5.41, 5.74) is 5.88. The lowest BCUT2D eigenvalue weighted by atomic mass is 9.95. The van der Waals surface area contributed by atoms with E-state index in [-0.39, 0.29) is 23.5 Å². The molecule has 1 saturated heterocycles. The highest BCUT2D eigenvalue weighted by molar-refractivity contribution is 6.31. The molecule has 7 heteroatoms. The highest BCUT2D eigenvalue weighted by Gasteiger charge is 2.28. The molecule has 22 heavy (non-hydrogen) atoms. The molecule has 0 aliphatic carbocycles. The number of likely N-dealkylation sites (tertiary alicyclic amines) is 1. The van der Waals surface area contributed by atoms with Gasteiger partial charge in [-0.25, -0.2) is 0 Å². The van der Waals surface area contributed by atoms with Crippen LogP contribution in [-0.2, 0) is 9.59 Å². The minimum absolute atomic E-state index is 0.0256. The summed E-state index contributed by atoms with van der Waals surface area (Å²) in [4.78, 5) is 25.7. The number of nitrogens with zero attached hydrogens (tertiary/aromatic N) is 1. The molecule has 2 rings (SSSR count). The molecule has 0 bridgehead atoms. The molecule has 120 valence electrons. The van der Waals surface area contributed by atoms with Crippen LogP contribution in [0, 0.1) is 5.92 Å². The van der Waals surface area contributed by atoms with Crippen molar-refractivity contribution in [2.24, 2.45) is 11.7 Å². The predicted molar refractivity (Wildman–Crippen MR) is 84.7 cm³/mol. The van der Waals surface area contributed by atoms with E-state index in [4.69, 9.17) is 17.3 Å². The van der Waals surface area contributed by atoms with Crippen LogP contribution < -0.4 is 11.1 Å². The van der Waals surface area contributed by atoms with Gasteiger partial charge >= 0.3 is 0 Å². The summed E-state index contributed by atoms with van der Waals surface area (Å²) >= 11 is 5.85. The van der Waals surface area contributed by atoms with Crippen molar-refractivity contribution in [3.63, 3.8) is 0 Å². The minimum atomic E-state index is -0.520. The largest absolute Gasteiger partial charge is 0.506 e. The second-order valence-corrected chi connectivity index (χ2v) is 5.98. The topological polar surface area (TPSA) is 95.7 Å². The second kappa shape index (κ2) is 6.98. The van der Waals surface area contributed by atoms with E-state index in [1.807, 2.05) is 0 Å². The normalized spacial score (nSPS) is 17.1. The van der Waals surface area contributed by atoms with Crippen molar-refractivity contribution in [3.05, 3.63) is 23.2 Å². The van der Waals surface area contributed by atoms with Crippen LogP contribution in [0.5, 0.6) is 5.75 Å². The molecular formula is C15H20ClN3O3. The summed E-state index contributed by atoms with van der Waals surface area (Å²) in [6.07, 6.45) is 1.15. The number of anilines is 1. The molecule has 1 heterocycles. The number of phenols is 1. The third kappa shape index (κ3) is 3.90. The van der Waals surface area contributed by atoms with Crippen LogP contribution >= 0.6 is 11.6 Å². The van der Waals surface area contributed by atoms with Crippen molar-refractivity contribution < 1.29 is 14.7 Å². The zero-order valence-electron chi connectivity index (χ0n) is 12.4. The summed E-state index contributed by atoms with van der Waals surface area (Å²) in [7, 11) is 0. The van der Waals surface area contributed by atoms with E-state index in [2.05, 4.69) is 5.32 Å². The van der Waals surface area contributed by atoms with Crippen molar-refractivity contribution in [1.29, 1.82) is 0 Å². The van der Waals surface area contributed by atoms with Crippen molar-refractivity contribution in [1.82, 2.24) is 4.90 Å². The van der Waals surface area contributed by atoms with E-state index in [0.717, 1.165) is 0 Å². The fourth-order valence-corrected chi connectivity index (χ4v) is 2.67. The molecule has 1 fully saturated rings. The number of amides is 2. The number of aromatic hydroxyl groups is 1. The van der Waals surface area contributed by atoms with Crippen LogP contribution in [0.15, 0.2) is 18.2 Å². The molecule has 4 N–H and O–H groups in total. The average Bonchev–Trinajstić information content (AvgIpc) is 2.50. The number of benzene rings is 1. The summed E-state index contributed by atoms with van der Waals surface area (Å²) in [5.74, 6) is -0.491. The Labute approximate surface area is 134 Å². The number of nitrogens with two attached hydrogens (primary N) is 1. The Hall–Kier alpha value is -1.79. The maximum absolute atomic E-state index is 12.2. The maximum Gasteiger partial charge on any atom is 0.239 e. The van der Waals surface area contributed by atoms with Gasteiger partial charge in [-0.05, 0) is 38.0 Å². The first kappa shape index (κ1) is 16.6. The predicted octanol–water partition coefficient (Wildman–Crippen LogP) is 1.57. The number of carbonyl (C=O) groups is 2. The second-order valence-electron chi connectivity index (χ2n) is 5.54. The molecule has 1 aromatic rings. The zero-order chi connectivity index (χ0) is 16.3. The minimum Gasteiger partial charge on any atom is -0.506 e. The number of nitrogens with one attached hydrogen (secondary N) is 1. The fraction of sp³-hybridized carbons (Fsp3) is 0.467. The van der Waals surface area contributed by atoms with Gasteiger partial charge in [0, 0.05) is 24.0 Å². The third-order valence-electron chi connectivity index (χ3n) is 3.78. The van der Waals surface area contributed by atoms with E-state index in [1.165, 1.54) is 12.1 Å². The first-order valence-electron chi connectivity index (χ1n) is 7.22. The molecule has 1 aliphatic rings. The van der Waals surface area contributed by atoms with Crippen molar-refractivity contribution >= 4 is 29.1 Å². The first-order valence-corrected chi connectivity index (χ1v) is 7.60. The monoisotopic (exact) mass is 325 g/mol. The van der Waals surface area contributed by atoms with Crippen LogP contribution in [0.3, 0.4) is 0 Å². The molecular weight excluding hydrogens is 306 g/mol. The Kier molecular flexibility index (Phi) is 5.26. The van der Waals surface area contributed by atoms with Gasteiger partial charge in [0.2, 0.25) is 11.8 Å². The molecule has 2 amide bonds. The van der Waals surface area contributed by atoms with E-state index < -0.39 is 6.04 Å². The Morgan fingerprint density at radius 2 is 2.05 bits per heavy atom. The van der Waals surface area contributed by atoms with Crippen molar-refractivity contribution in [3.8, 4) is 5.75 Å². The summed E-state index contributed by atoms with van der Waals surface area (Å²) in [5, 5.41) is 12.8. The average molecular weight is 326 g/mol.